The Bertz CT molecular complexity index is 675. The highest BCUT2D eigenvalue weighted by Crippen LogP contribution is 2.25. The van der Waals surface area contributed by atoms with Crippen LogP contribution in [0, 0.1) is 0 Å². The molecule has 19 heavy (non-hydrogen) atoms. The molecule has 0 fully saturated rings. The monoisotopic (exact) mass is 309 g/mol. The van der Waals surface area contributed by atoms with Crippen molar-refractivity contribution >= 4 is 15.9 Å². The lowest BCUT2D eigenvalue weighted by Gasteiger charge is -2.05. The molecule has 0 aliphatic rings. The second kappa shape index (κ2) is 5.37. The highest BCUT2D eigenvalue weighted by molar-refractivity contribution is 9.10. The number of hydrogen-bond acceptors (Lipinski definition) is 1. The number of benzene rings is 2. The third-order valence-electron chi connectivity index (χ3n) is 3.05. The average molecular weight is 310 g/mol. The fourth-order valence-corrected chi connectivity index (χ4v) is 2.43. The quantitative estimate of drug-likeness (QED) is 0.594. The molecule has 1 nitrogen and oxygen atoms in total. The van der Waals surface area contributed by atoms with E-state index in [-0.39, 0.29) is 0 Å². The molecular weight excluding hydrogens is 298 g/mol. The van der Waals surface area contributed by atoms with Crippen molar-refractivity contribution in [1.29, 1.82) is 0 Å². The average Bonchev–Trinajstić information content (AvgIpc) is 2.48. The van der Waals surface area contributed by atoms with E-state index < -0.39 is 0 Å². The zero-order valence-corrected chi connectivity index (χ0v) is 11.8. The largest absolute Gasteiger partial charge is 0.249 e. The molecule has 2 heteroatoms. The van der Waals surface area contributed by atoms with Gasteiger partial charge >= 0.3 is 0 Å². The second-order valence-electron chi connectivity index (χ2n) is 4.31. The molecule has 0 bridgehead atoms. The molecule has 0 radical (unpaired) electrons. The lowest BCUT2D eigenvalue weighted by Crippen LogP contribution is -1.81. The van der Waals surface area contributed by atoms with Gasteiger partial charge in [0.1, 0.15) is 4.60 Å². The van der Waals surface area contributed by atoms with E-state index in [1.807, 2.05) is 24.4 Å². The van der Waals surface area contributed by atoms with Gasteiger partial charge in [-0.1, -0.05) is 54.6 Å². The minimum absolute atomic E-state index is 0.858. The predicted octanol–water partition coefficient (Wildman–Crippen LogP) is 5.18. The van der Waals surface area contributed by atoms with E-state index in [0.29, 0.717) is 0 Å². The smallest absolute Gasteiger partial charge is 0.106 e. The van der Waals surface area contributed by atoms with Crippen LogP contribution in [-0.4, -0.2) is 4.98 Å². The van der Waals surface area contributed by atoms with Crippen LogP contribution in [0.5, 0.6) is 0 Å². The second-order valence-corrected chi connectivity index (χ2v) is 5.12. The molecule has 92 valence electrons. The molecule has 1 aromatic heterocycles. The molecule has 0 atom stereocenters. The normalized spacial score (nSPS) is 10.4. The number of hydrogen-bond donors (Lipinski definition) is 0. The molecule has 3 aromatic rings. The van der Waals surface area contributed by atoms with Gasteiger partial charge in [0.05, 0.1) is 0 Å². The van der Waals surface area contributed by atoms with Gasteiger partial charge in [-0.25, -0.2) is 4.98 Å². The van der Waals surface area contributed by atoms with Crippen molar-refractivity contribution in [2.75, 3.05) is 0 Å². The summed E-state index contributed by atoms with van der Waals surface area (Å²) < 4.78 is 0.858. The molecule has 0 N–H and O–H groups in total. The number of aromatic nitrogens is 1. The first-order chi connectivity index (χ1) is 9.33. The van der Waals surface area contributed by atoms with Gasteiger partial charge in [0.25, 0.3) is 0 Å². The first-order valence-corrected chi connectivity index (χ1v) is 6.90. The van der Waals surface area contributed by atoms with Crippen molar-refractivity contribution in [2.24, 2.45) is 0 Å². The molecule has 0 spiro atoms. The van der Waals surface area contributed by atoms with E-state index in [2.05, 4.69) is 69.4 Å². The van der Waals surface area contributed by atoms with Gasteiger partial charge in [0.2, 0.25) is 0 Å². The summed E-state index contributed by atoms with van der Waals surface area (Å²) >= 11 is 3.40. The van der Waals surface area contributed by atoms with Gasteiger partial charge in [0, 0.05) is 6.20 Å². The van der Waals surface area contributed by atoms with Crippen LogP contribution in [-0.2, 0) is 0 Å². The lowest BCUT2D eigenvalue weighted by atomic mass is 10.0. The summed E-state index contributed by atoms with van der Waals surface area (Å²) in [6, 6.07) is 23.0. The summed E-state index contributed by atoms with van der Waals surface area (Å²) in [5.41, 5.74) is 4.84. The van der Waals surface area contributed by atoms with Gasteiger partial charge < -0.3 is 0 Å². The van der Waals surface area contributed by atoms with Crippen LogP contribution in [0.4, 0.5) is 0 Å². The Hall–Kier alpha value is -1.93. The van der Waals surface area contributed by atoms with Crippen LogP contribution in [0.3, 0.4) is 0 Å². The number of pyridine rings is 1. The third kappa shape index (κ3) is 2.74. The molecule has 0 amide bonds. The van der Waals surface area contributed by atoms with Crippen LogP contribution < -0.4 is 0 Å². The van der Waals surface area contributed by atoms with Crippen LogP contribution >= 0.6 is 15.9 Å². The van der Waals surface area contributed by atoms with E-state index >= 15 is 0 Å². The fourth-order valence-electron chi connectivity index (χ4n) is 2.07. The van der Waals surface area contributed by atoms with Crippen molar-refractivity contribution in [3.05, 3.63) is 77.5 Å². The molecule has 0 saturated heterocycles. The summed E-state index contributed by atoms with van der Waals surface area (Å²) in [6.45, 7) is 0. The first-order valence-electron chi connectivity index (χ1n) is 6.10. The van der Waals surface area contributed by atoms with E-state index in [1.165, 1.54) is 22.3 Å². The molecule has 3 rings (SSSR count). The lowest BCUT2D eigenvalue weighted by molar-refractivity contribution is 1.28. The van der Waals surface area contributed by atoms with Crippen LogP contribution in [0.15, 0.2) is 77.5 Å². The molecule has 2 aromatic carbocycles. The molecular formula is C17H12BrN. The predicted molar refractivity (Wildman–Crippen MR) is 82.8 cm³/mol. The van der Waals surface area contributed by atoms with E-state index in [0.717, 1.165) is 4.60 Å². The van der Waals surface area contributed by atoms with Crippen molar-refractivity contribution in [2.45, 2.75) is 0 Å². The Morgan fingerprint density at radius 2 is 1.21 bits per heavy atom. The van der Waals surface area contributed by atoms with Gasteiger partial charge in [-0.05, 0) is 50.3 Å². The maximum absolute atomic E-state index is 4.15. The van der Waals surface area contributed by atoms with Gasteiger partial charge in [-0.3, -0.25) is 0 Å². The van der Waals surface area contributed by atoms with E-state index in [1.54, 1.807) is 0 Å². The number of nitrogens with zero attached hydrogens (tertiary/aromatic N) is 1. The Balaban J connectivity index is 1.95. The summed E-state index contributed by atoms with van der Waals surface area (Å²) in [5, 5.41) is 0. The zero-order chi connectivity index (χ0) is 13.1. The Kier molecular flexibility index (Phi) is 3.43. The summed E-state index contributed by atoms with van der Waals surface area (Å²) in [4.78, 5) is 4.15. The van der Waals surface area contributed by atoms with Crippen molar-refractivity contribution in [1.82, 2.24) is 4.98 Å². The molecule has 1 heterocycles. The van der Waals surface area contributed by atoms with Crippen molar-refractivity contribution < 1.29 is 0 Å². The third-order valence-corrected chi connectivity index (χ3v) is 3.49. The first kappa shape index (κ1) is 12.1. The van der Waals surface area contributed by atoms with Crippen LogP contribution in [0.25, 0.3) is 22.3 Å². The van der Waals surface area contributed by atoms with Crippen molar-refractivity contribution in [3.63, 3.8) is 0 Å². The van der Waals surface area contributed by atoms with Crippen molar-refractivity contribution in [3.8, 4) is 22.3 Å². The minimum atomic E-state index is 0.858. The van der Waals surface area contributed by atoms with Gasteiger partial charge in [0.15, 0.2) is 0 Å². The standard InChI is InChI=1S/C17H12BrN/c18-17-12-16(10-11-19-17)15-8-6-14(7-9-15)13-4-2-1-3-5-13/h1-12H. The van der Waals surface area contributed by atoms with E-state index in [4.69, 9.17) is 0 Å². The van der Waals surface area contributed by atoms with E-state index in [9.17, 15) is 0 Å². The fraction of sp³-hybridized carbons (Fsp3) is 0. The zero-order valence-electron chi connectivity index (χ0n) is 10.3. The Morgan fingerprint density at radius 1 is 0.632 bits per heavy atom. The molecule has 0 unspecified atom stereocenters. The SMILES string of the molecule is Brc1cc(-c2ccc(-c3ccccc3)cc2)ccn1. The maximum atomic E-state index is 4.15. The highest BCUT2D eigenvalue weighted by Gasteiger charge is 2.00. The Labute approximate surface area is 121 Å². The number of rotatable bonds is 2. The van der Waals surface area contributed by atoms with Gasteiger partial charge in [-0.2, -0.15) is 0 Å². The van der Waals surface area contributed by atoms with Crippen LogP contribution in [0.1, 0.15) is 0 Å². The number of halogens is 1. The van der Waals surface area contributed by atoms with Gasteiger partial charge in [-0.15, -0.1) is 0 Å². The maximum Gasteiger partial charge on any atom is 0.106 e. The van der Waals surface area contributed by atoms with Crippen LogP contribution in [0.2, 0.25) is 0 Å². The summed E-state index contributed by atoms with van der Waals surface area (Å²) in [5.74, 6) is 0. The topological polar surface area (TPSA) is 12.9 Å². The summed E-state index contributed by atoms with van der Waals surface area (Å²) in [6.07, 6.45) is 1.81. The minimum Gasteiger partial charge on any atom is -0.249 e. The molecule has 0 aliphatic carbocycles. The highest BCUT2D eigenvalue weighted by atomic mass is 79.9. The molecule has 0 saturated carbocycles. The summed E-state index contributed by atoms with van der Waals surface area (Å²) in [7, 11) is 0. The molecule has 0 aliphatic heterocycles. The Morgan fingerprint density at radius 3 is 1.84 bits per heavy atom.